The van der Waals surface area contributed by atoms with Crippen LogP contribution in [-0.2, 0) is 9.53 Å². The molecular weight excluding hydrogens is 189 g/mol. The Balaban J connectivity index is 4.85. The molecule has 0 aliphatic rings. The Morgan fingerprint density at radius 3 is 1.85 bits per heavy atom. The van der Waals surface area contributed by atoms with Crippen molar-refractivity contribution < 1.29 is 27.8 Å². The quantitative estimate of drug-likeness (QED) is 0.755. The van der Waals surface area contributed by atoms with Gasteiger partial charge in [-0.05, 0) is 20.8 Å². The van der Waals surface area contributed by atoms with Crippen molar-refractivity contribution in [3.8, 4) is 0 Å². The Bertz CT molecular complexity index is 200. The van der Waals surface area contributed by atoms with Crippen molar-refractivity contribution in [2.75, 3.05) is 0 Å². The highest BCUT2D eigenvalue weighted by Crippen LogP contribution is 2.34. The van der Waals surface area contributed by atoms with Gasteiger partial charge >= 0.3 is 12.1 Å². The largest absolute Gasteiger partial charge is 0.479 e. The van der Waals surface area contributed by atoms with E-state index in [4.69, 9.17) is 5.11 Å². The molecular formula is C7H11F3O3. The van der Waals surface area contributed by atoms with Crippen molar-refractivity contribution in [3.05, 3.63) is 0 Å². The average molecular weight is 200 g/mol. The number of hydrogen-bond donors (Lipinski definition) is 1. The highest BCUT2D eigenvalue weighted by Gasteiger charge is 2.59. The predicted molar refractivity (Wildman–Crippen MR) is 38.3 cm³/mol. The minimum absolute atomic E-state index is 0.495. The van der Waals surface area contributed by atoms with Crippen LogP contribution in [0.4, 0.5) is 13.2 Å². The summed E-state index contributed by atoms with van der Waals surface area (Å²) in [5.74, 6) is -2.03. The van der Waals surface area contributed by atoms with Gasteiger partial charge in [0.05, 0.1) is 6.10 Å². The van der Waals surface area contributed by atoms with E-state index >= 15 is 0 Å². The zero-order valence-corrected chi connectivity index (χ0v) is 7.47. The van der Waals surface area contributed by atoms with Crippen LogP contribution >= 0.6 is 0 Å². The fourth-order valence-corrected chi connectivity index (χ4v) is 0.710. The molecule has 78 valence electrons. The van der Waals surface area contributed by atoms with Crippen molar-refractivity contribution in [2.24, 2.45) is 0 Å². The van der Waals surface area contributed by atoms with Gasteiger partial charge in [-0.3, -0.25) is 0 Å². The summed E-state index contributed by atoms with van der Waals surface area (Å²) >= 11 is 0. The molecule has 0 fully saturated rings. The molecule has 0 aromatic rings. The summed E-state index contributed by atoms with van der Waals surface area (Å²) in [6.07, 6.45) is -5.72. The molecule has 0 saturated carbocycles. The number of carbonyl (C=O) groups is 1. The van der Waals surface area contributed by atoms with E-state index < -0.39 is 23.9 Å². The molecule has 0 aromatic heterocycles. The number of hydrogen-bond acceptors (Lipinski definition) is 2. The van der Waals surface area contributed by atoms with Crippen molar-refractivity contribution in [3.63, 3.8) is 0 Å². The van der Waals surface area contributed by atoms with Gasteiger partial charge in [0.15, 0.2) is 0 Å². The maximum Gasteiger partial charge on any atom is 0.428 e. The van der Waals surface area contributed by atoms with Gasteiger partial charge in [-0.25, -0.2) is 4.79 Å². The zero-order valence-electron chi connectivity index (χ0n) is 7.47. The second-order valence-electron chi connectivity index (χ2n) is 3.00. The van der Waals surface area contributed by atoms with Gasteiger partial charge in [0.25, 0.3) is 5.60 Å². The lowest BCUT2D eigenvalue weighted by atomic mass is 10.1. The number of halogens is 3. The zero-order chi connectivity index (χ0) is 10.9. The Labute approximate surface area is 73.5 Å². The van der Waals surface area contributed by atoms with Gasteiger partial charge in [-0.1, -0.05) is 0 Å². The maximum absolute atomic E-state index is 12.2. The van der Waals surface area contributed by atoms with Crippen LogP contribution in [0.25, 0.3) is 0 Å². The molecule has 0 aliphatic carbocycles. The normalized spacial score (nSPS) is 17.2. The van der Waals surface area contributed by atoms with E-state index in [1.807, 2.05) is 0 Å². The average Bonchev–Trinajstić information content (AvgIpc) is 1.82. The number of carboxylic acids is 1. The topological polar surface area (TPSA) is 46.5 Å². The van der Waals surface area contributed by atoms with Gasteiger partial charge in [-0.15, -0.1) is 0 Å². The van der Waals surface area contributed by atoms with Gasteiger partial charge in [0.2, 0.25) is 0 Å². The summed E-state index contributed by atoms with van der Waals surface area (Å²) in [6.45, 7) is 3.18. The molecule has 0 radical (unpaired) electrons. The highest BCUT2D eigenvalue weighted by atomic mass is 19.4. The van der Waals surface area contributed by atoms with Gasteiger partial charge in [0.1, 0.15) is 0 Å². The van der Waals surface area contributed by atoms with Gasteiger partial charge in [0, 0.05) is 0 Å². The fourth-order valence-electron chi connectivity index (χ4n) is 0.710. The minimum Gasteiger partial charge on any atom is -0.479 e. The third-order valence-electron chi connectivity index (χ3n) is 1.42. The summed E-state index contributed by atoms with van der Waals surface area (Å²) in [5, 5.41) is 8.37. The van der Waals surface area contributed by atoms with Crippen molar-refractivity contribution in [1.82, 2.24) is 0 Å². The van der Waals surface area contributed by atoms with E-state index in [0.717, 1.165) is 0 Å². The Morgan fingerprint density at radius 1 is 1.38 bits per heavy atom. The Morgan fingerprint density at radius 2 is 1.77 bits per heavy atom. The molecule has 0 heterocycles. The van der Waals surface area contributed by atoms with E-state index in [9.17, 15) is 18.0 Å². The maximum atomic E-state index is 12.2. The first kappa shape index (κ1) is 12.2. The van der Waals surface area contributed by atoms with Crippen LogP contribution in [0.1, 0.15) is 20.8 Å². The van der Waals surface area contributed by atoms with Crippen molar-refractivity contribution in [2.45, 2.75) is 38.7 Å². The molecule has 0 bridgehead atoms. The van der Waals surface area contributed by atoms with Crippen LogP contribution in [0, 0.1) is 0 Å². The highest BCUT2D eigenvalue weighted by molar-refractivity contribution is 5.78. The molecule has 1 atom stereocenters. The van der Waals surface area contributed by atoms with Gasteiger partial charge < -0.3 is 9.84 Å². The molecule has 0 aromatic carbocycles. The minimum atomic E-state index is -4.91. The predicted octanol–water partition coefficient (Wildman–Crippen LogP) is 1.82. The standard InChI is InChI=1S/C7H11F3O3/c1-4(2)13-6(3,5(11)12)7(8,9)10/h4H,1-3H3,(H,11,12). The first-order chi connectivity index (χ1) is 5.61. The van der Waals surface area contributed by atoms with Crippen LogP contribution in [0.3, 0.4) is 0 Å². The molecule has 1 unspecified atom stereocenters. The van der Waals surface area contributed by atoms with Crippen LogP contribution in [-0.4, -0.2) is 29.0 Å². The Hall–Kier alpha value is -0.780. The lowest BCUT2D eigenvalue weighted by molar-refractivity contribution is -0.277. The summed E-state index contributed by atoms with van der Waals surface area (Å²) in [4.78, 5) is 10.4. The smallest absolute Gasteiger partial charge is 0.428 e. The summed E-state index contributed by atoms with van der Waals surface area (Å²) < 4.78 is 41.0. The molecule has 0 rings (SSSR count). The van der Waals surface area contributed by atoms with Gasteiger partial charge in [-0.2, -0.15) is 13.2 Å². The van der Waals surface area contributed by atoms with Crippen LogP contribution in [0.15, 0.2) is 0 Å². The van der Waals surface area contributed by atoms with Crippen molar-refractivity contribution >= 4 is 5.97 Å². The van der Waals surface area contributed by atoms with Crippen LogP contribution in [0.5, 0.6) is 0 Å². The van der Waals surface area contributed by atoms with Crippen LogP contribution in [0.2, 0.25) is 0 Å². The molecule has 3 nitrogen and oxygen atoms in total. The molecule has 13 heavy (non-hydrogen) atoms. The Kier molecular flexibility index (Phi) is 3.32. The summed E-state index contributed by atoms with van der Waals surface area (Å²) in [7, 11) is 0. The van der Waals surface area contributed by atoms with E-state index in [0.29, 0.717) is 6.92 Å². The van der Waals surface area contributed by atoms with E-state index in [1.165, 1.54) is 13.8 Å². The first-order valence-corrected chi connectivity index (χ1v) is 3.59. The number of alkyl halides is 3. The number of rotatable bonds is 3. The second-order valence-corrected chi connectivity index (χ2v) is 3.00. The number of ether oxygens (including phenoxy) is 1. The molecule has 0 spiro atoms. The number of aliphatic carboxylic acids is 1. The SMILES string of the molecule is CC(C)OC(C)(C(=O)O)C(F)(F)F. The molecule has 1 N–H and O–H groups in total. The third-order valence-corrected chi connectivity index (χ3v) is 1.42. The number of carboxylic acid groups (broad SMARTS) is 1. The van der Waals surface area contributed by atoms with Crippen molar-refractivity contribution in [1.29, 1.82) is 0 Å². The lowest BCUT2D eigenvalue weighted by Gasteiger charge is -2.29. The third kappa shape index (κ3) is 2.58. The fraction of sp³-hybridized carbons (Fsp3) is 0.857. The van der Waals surface area contributed by atoms with E-state index in [2.05, 4.69) is 4.74 Å². The summed E-state index contributed by atoms with van der Waals surface area (Å²) in [6, 6.07) is 0. The monoisotopic (exact) mass is 200 g/mol. The second kappa shape index (κ2) is 3.53. The van der Waals surface area contributed by atoms with Crippen LogP contribution < -0.4 is 0 Å². The molecule has 0 aliphatic heterocycles. The molecule has 0 amide bonds. The van der Waals surface area contributed by atoms with E-state index in [1.54, 1.807) is 0 Å². The van der Waals surface area contributed by atoms with E-state index in [-0.39, 0.29) is 0 Å². The summed E-state index contributed by atoms with van der Waals surface area (Å²) in [5.41, 5.74) is -3.12. The molecule has 0 saturated heterocycles. The lowest BCUT2D eigenvalue weighted by Crippen LogP contribution is -2.52. The first-order valence-electron chi connectivity index (χ1n) is 3.59. The molecule has 6 heteroatoms.